The van der Waals surface area contributed by atoms with Crippen LogP contribution in [0.15, 0.2) is 28.7 Å². The second-order valence-corrected chi connectivity index (χ2v) is 5.37. The molecule has 7 heteroatoms. The minimum absolute atomic E-state index is 0.0995. The van der Waals surface area contributed by atoms with Crippen LogP contribution in [0.2, 0.25) is 0 Å². The van der Waals surface area contributed by atoms with Crippen molar-refractivity contribution in [2.75, 3.05) is 13.2 Å². The van der Waals surface area contributed by atoms with Crippen LogP contribution < -0.4 is 5.32 Å². The van der Waals surface area contributed by atoms with E-state index in [1.165, 1.54) is 0 Å². The van der Waals surface area contributed by atoms with Gasteiger partial charge >= 0.3 is 12.1 Å². The predicted octanol–water partition coefficient (Wildman–Crippen LogP) is 3.77. The maximum absolute atomic E-state index is 12.5. The average Bonchev–Trinajstić information content (AvgIpc) is 2.39. The second-order valence-electron chi connectivity index (χ2n) is 4.46. The number of halogens is 4. The van der Waals surface area contributed by atoms with Crippen molar-refractivity contribution in [2.24, 2.45) is 0 Å². The van der Waals surface area contributed by atoms with E-state index in [1.54, 1.807) is 38.1 Å². The molecular weight excluding hydrogens is 351 g/mol. The second kappa shape index (κ2) is 7.26. The largest absolute Gasteiger partial charge is 0.464 e. The molecule has 1 rings (SSSR count). The highest BCUT2D eigenvalue weighted by Gasteiger charge is 2.43. The number of rotatable bonds is 6. The lowest BCUT2D eigenvalue weighted by Gasteiger charge is -2.32. The first-order valence-electron chi connectivity index (χ1n) is 6.50. The maximum atomic E-state index is 12.5. The number of ether oxygens (including phenoxy) is 1. The third-order valence-corrected chi connectivity index (χ3v) is 3.56. The van der Waals surface area contributed by atoms with Gasteiger partial charge in [0, 0.05) is 4.47 Å². The highest BCUT2D eigenvalue weighted by atomic mass is 79.9. The minimum atomic E-state index is -4.42. The number of hydrogen-bond donors (Lipinski definition) is 1. The summed E-state index contributed by atoms with van der Waals surface area (Å²) < 4.78 is 43.3. The molecule has 0 spiro atoms. The van der Waals surface area contributed by atoms with Gasteiger partial charge in [0.15, 0.2) is 0 Å². The van der Waals surface area contributed by atoms with Gasteiger partial charge in [-0.05, 0) is 31.0 Å². The Labute approximate surface area is 130 Å². The van der Waals surface area contributed by atoms with E-state index in [-0.39, 0.29) is 13.0 Å². The number of alkyl halides is 3. The Morgan fingerprint density at radius 3 is 2.48 bits per heavy atom. The molecule has 1 N–H and O–H groups in total. The summed E-state index contributed by atoms with van der Waals surface area (Å²) in [6.07, 6.45) is -4.28. The Morgan fingerprint density at radius 1 is 1.33 bits per heavy atom. The van der Waals surface area contributed by atoms with Crippen molar-refractivity contribution in [3.63, 3.8) is 0 Å². The molecule has 1 atom stereocenters. The van der Waals surface area contributed by atoms with E-state index in [0.29, 0.717) is 10.0 Å². The Kier molecular flexibility index (Phi) is 6.22. The number of benzene rings is 1. The first-order valence-corrected chi connectivity index (χ1v) is 7.29. The summed E-state index contributed by atoms with van der Waals surface area (Å²) in [5.41, 5.74) is -1.09. The maximum Gasteiger partial charge on any atom is 0.401 e. The van der Waals surface area contributed by atoms with Crippen LogP contribution in [0.4, 0.5) is 13.2 Å². The van der Waals surface area contributed by atoms with Gasteiger partial charge in [0.25, 0.3) is 0 Å². The predicted molar refractivity (Wildman–Crippen MR) is 76.8 cm³/mol. The molecule has 0 aromatic heterocycles. The van der Waals surface area contributed by atoms with Gasteiger partial charge in [-0.1, -0.05) is 35.0 Å². The Hall–Kier alpha value is -1.08. The van der Waals surface area contributed by atoms with Gasteiger partial charge < -0.3 is 4.74 Å². The Balaban J connectivity index is 3.22. The van der Waals surface area contributed by atoms with Crippen LogP contribution in [0.5, 0.6) is 0 Å². The monoisotopic (exact) mass is 367 g/mol. The number of hydrogen-bond acceptors (Lipinski definition) is 3. The first kappa shape index (κ1) is 18.0. The van der Waals surface area contributed by atoms with Gasteiger partial charge in [0.1, 0.15) is 5.54 Å². The molecule has 0 amide bonds. The van der Waals surface area contributed by atoms with Gasteiger partial charge in [0.05, 0.1) is 13.2 Å². The fourth-order valence-corrected chi connectivity index (χ4v) is 2.42. The molecule has 118 valence electrons. The van der Waals surface area contributed by atoms with Crippen LogP contribution in [0.25, 0.3) is 0 Å². The molecule has 0 aliphatic heterocycles. The zero-order valence-electron chi connectivity index (χ0n) is 11.8. The van der Waals surface area contributed by atoms with Gasteiger partial charge in [-0.3, -0.25) is 5.32 Å². The van der Waals surface area contributed by atoms with Crippen LogP contribution in [-0.2, 0) is 15.1 Å². The van der Waals surface area contributed by atoms with Crippen molar-refractivity contribution in [2.45, 2.75) is 32.0 Å². The minimum Gasteiger partial charge on any atom is -0.464 e. The van der Waals surface area contributed by atoms with Crippen molar-refractivity contribution >= 4 is 21.9 Å². The topological polar surface area (TPSA) is 38.3 Å². The quantitative estimate of drug-likeness (QED) is 0.777. The van der Waals surface area contributed by atoms with E-state index in [1.807, 2.05) is 0 Å². The van der Waals surface area contributed by atoms with E-state index in [9.17, 15) is 18.0 Å². The van der Waals surface area contributed by atoms with Crippen LogP contribution in [0.1, 0.15) is 25.8 Å². The fraction of sp³-hybridized carbons (Fsp3) is 0.500. The summed E-state index contributed by atoms with van der Waals surface area (Å²) in [5, 5.41) is 2.33. The number of carbonyl (C=O) groups excluding carboxylic acids is 1. The van der Waals surface area contributed by atoms with Gasteiger partial charge in [-0.2, -0.15) is 13.2 Å². The fourth-order valence-electron chi connectivity index (χ4n) is 2.02. The zero-order valence-corrected chi connectivity index (χ0v) is 13.3. The van der Waals surface area contributed by atoms with Crippen LogP contribution in [-0.4, -0.2) is 25.3 Å². The van der Waals surface area contributed by atoms with E-state index >= 15 is 0 Å². The molecule has 1 aromatic carbocycles. The summed E-state index contributed by atoms with van der Waals surface area (Å²) in [6.45, 7) is 2.08. The molecule has 1 unspecified atom stereocenters. The SMILES string of the molecule is CCOC(=O)C(CC)(NCC(F)(F)F)c1cccc(Br)c1. The summed E-state index contributed by atoms with van der Waals surface area (Å²) in [4.78, 5) is 12.3. The zero-order chi connectivity index (χ0) is 16.1. The summed E-state index contributed by atoms with van der Waals surface area (Å²) >= 11 is 3.26. The molecule has 0 aliphatic rings. The molecule has 1 aromatic rings. The lowest BCUT2D eigenvalue weighted by atomic mass is 9.87. The molecule has 0 aliphatic carbocycles. The van der Waals surface area contributed by atoms with Crippen molar-refractivity contribution in [1.82, 2.24) is 5.32 Å². The van der Waals surface area contributed by atoms with Gasteiger partial charge in [-0.25, -0.2) is 4.79 Å². The van der Waals surface area contributed by atoms with Crippen LogP contribution >= 0.6 is 15.9 Å². The van der Waals surface area contributed by atoms with E-state index < -0.39 is 24.2 Å². The Bertz CT molecular complexity index is 493. The van der Waals surface area contributed by atoms with E-state index in [4.69, 9.17) is 4.74 Å². The van der Waals surface area contributed by atoms with Gasteiger partial charge in [-0.15, -0.1) is 0 Å². The highest BCUT2D eigenvalue weighted by Crippen LogP contribution is 2.30. The highest BCUT2D eigenvalue weighted by molar-refractivity contribution is 9.10. The number of esters is 1. The van der Waals surface area contributed by atoms with Gasteiger partial charge in [0.2, 0.25) is 0 Å². The van der Waals surface area contributed by atoms with Crippen LogP contribution in [0.3, 0.4) is 0 Å². The lowest BCUT2D eigenvalue weighted by molar-refractivity contribution is -0.156. The molecule has 0 bridgehead atoms. The summed E-state index contributed by atoms with van der Waals surface area (Å²) in [5.74, 6) is -0.713. The summed E-state index contributed by atoms with van der Waals surface area (Å²) in [7, 11) is 0. The third-order valence-electron chi connectivity index (χ3n) is 3.06. The molecule has 0 heterocycles. The molecular formula is C14H17BrF3NO2. The van der Waals surface area contributed by atoms with Crippen LogP contribution in [0, 0.1) is 0 Å². The number of nitrogens with one attached hydrogen (secondary N) is 1. The van der Waals surface area contributed by atoms with Crippen molar-refractivity contribution < 1.29 is 22.7 Å². The molecule has 0 radical (unpaired) electrons. The molecule has 3 nitrogen and oxygen atoms in total. The summed E-state index contributed by atoms with van der Waals surface area (Å²) in [6, 6.07) is 6.62. The van der Waals surface area contributed by atoms with Crippen molar-refractivity contribution in [1.29, 1.82) is 0 Å². The molecule has 0 saturated heterocycles. The number of carbonyl (C=O) groups is 1. The molecule has 0 saturated carbocycles. The van der Waals surface area contributed by atoms with Crippen molar-refractivity contribution in [3.8, 4) is 0 Å². The molecule has 0 fully saturated rings. The standard InChI is InChI=1S/C14H17BrF3NO2/c1-3-13(12(20)21-4-2,19-9-14(16,17)18)10-6-5-7-11(15)8-10/h5-8,19H,3-4,9H2,1-2H3. The third kappa shape index (κ3) is 4.71. The van der Waals surface area contributed by atoms with E-state index in [2.05, 4.69) is 21.2 Å². The molecule has 21 heavy (non-hydrogen) atoms. The Morgan fingerprint density at radius 2 is 2.00 bits per heavy atom. The normalized spacial score (nSPS) is 14.6. The van der Waals surface area contributed by atoms with Crippen molar-refractivity contribution in [3.05, 3.63) is 34.3 Å². The lowest BCUT2D eigenvalue weighted by Crippen LogP contribution is -2.52. The average molecular weight is 368 g/mol. The van der Waals surface area contributed by atoms with E-state index in [0.717, 1.165) is 0 Å². The smallest absolute Gasteiger partial charge is 0.401 e. The first-order chi connectivity index (χ1) is 9.75.